The van der Waals surface area contributed by atoms with E-state index in [2.05, 4.69) is 32.1 Å². The van der Waals surface area contributed by atoms with Crippen LogP contribution < -0.4 is 10.0 Å². The van der Waals surface area contributed by atoms with Crippen molar-refractivity contribution in [3.05, 3.63) is 76.2 Å². The quantitative estimate of drug-likeness (QED) is 0.185. The standard InChI is InChI=1S/C30H31ClF2N6O5S/c1-29(2,3)44-28(40)35-23(15-17-13-18(32)16-19(33)14-17)25-21(8-7-20(34-25)11-12-30(4,5)41)22-9-10-24(31)39-26(22)36-37-27(39)38-45(6,42)43/h7-10,13-14,16,23,41H,15H2,1-6H3,(H,35,40)(H,37,38)/t23-/m0/s1. The van der Waals surface area contributed by atoms with Crippen molar-refractivity contribution < 1.29 is 31.8 Å². The summed E-state index contributed by atoms with van der Waals surface area (Å²) in [6.45, 7) is 8.03. The molecule has 3 aromatic heterocycles. The van der Waals surface area contributed by atoms with Gasteiger partial charge in [-0.3, -0.25) is 4.72 Å². The van der Waals surface area contributed by atoms with Crippen LogP contribution in [0.3, 0.4) is 0 Å². The fraction of sp³-hybridized carbons (Fsp3) is 0.333. The highest BCUT2D eigenvalue weighted by molar-refractivity contribution is 7.92. The number of fused-ring (bicyclic) bond motifs is 1. The third-order valence-corrected chi connectivity index (χ3v) is 6.72. The zero-order valence-electron chi connectivity index (χ0n) is 25.2. The van der Waals surface area contributed by atoms with Gasteiger partial charge in [0.15, 0.2) is 5.65 Å². The van der Waals surface area contributed by atoms with Gasteiger partial charge in [0.05, 0.1) is 18.0 Å². The van der Waals surface area contributed by atoms with Crippen molar-refractivity contribution in [2.75, 3.05) is 11.0 Å². The summed E-state index contributed by atoms with van der Waals surface area (Å²) < 4.78 is 61.4. The second-order valence-electron chi connectivity index (χ2n) is 11.7. The maximum Gasteiger partial charge on any atom is 0.408 e. The van der Waals surface area contributed by atoms with Crippen molar-refractivity contribution >= 4 is 39.3 Å². The fourth-order valence-electron chi connectivity index (χ4n) is 4.29. The minimum atomic E-state index is -3.75. The predicted molar refractivity (Wildman–Crippen MR) is 165 cm³/mol. The molecule has 0 aliphatic rings. The predicted octanol–water partition coefficient (Wildman–Crippen LogP) is 5.03. The highest BCUT2D eigenvalue weighted by Crippen LogP contribution is 2.34. The smallest absolute Gasteiger partial charge is 0.408 e. The van der Waals surface area contributed by atoms with Crippen molar-refractivity contribution in [1.29, 1.82) is 0 Å². The molecule has 0 aliphatic carbocycles. The lowest BCUT2D eigenvalue weighted by Gasteiger charge is -2.25. The highest BCUT2D eigenvalue weighted by atomic mass is 35.5. The molecule has 1 aromatic carbocycles. The number of sulfonamides is 1. The molecule has 1 amide bonds. The van der Waals surface area contributed by atoms with E-state index >= 15 is 0 Å². The van der Waals surface area contributed by atoms with E-state index in [1.165, 1.54) is 24.3 Å². The van der Waals surface area contributed by atoms with E-state index in [0.29, 0.717) is 11.1 Å². The number of rotatable bonds is 7. The summed E-state index contributed by atoms with van der Waals surface area (Å²) >= 11 is 6.42. The summed E-state index contributed by atoms with van der Waals surface area (Å²) in [5.41, 5.74) is -0.719. The monoisotopic (exact) mass is 660 g/mol. The zero-order chi connectivity index (χ0) is 33.3. The number of alkyl carbamates (subject to hydrolysis) is 1. The minimum Gasteiger partial charge on any atom is -0.444 e. The molecule has 0 radical (unpaired) electrons. The van der Waals surface area contributed by atoms with Crippen LogP contribution in [0.2, 0.25) is 5.15 Å². The van der Waals surface area contributed by atoms with Gasteiger partial charge in [0.2, 0.25) is 16.0 Å². The molecular formula is C30H31ClF2N6O5S. The first-order valence-electron chi connectivity index (χ1n) is 13.5. The number of carbonyl (C=O) groups excluding carboxylic acids is 1. The van der Waals surface area contributed by atoms with Crippen molar-refractivity contribution in [2.45, 2.75) is 58.3 Å². The number of aromatic nitrogens is 4. The third-order valence-electron chi connectivity index (χ3n) is 5.88. The van der Waals surface area contributed by atoms with Crippen molar-refractivity contribution in [1.82, 2.24) is 24.9 Å². The second-order valence-corrected chi connectivity index (χ2v) is 13.9. The van der Waals surface area contributed by atoms with Crippen LogP contribution in [0.5, 0.6) is 0 Å². The topological polar surface area (TPSA) is 148 Å². The molecule has 0 spiro atoms. The number of ether oxygens (including phenoxy) is 1. The lowest BCUT2D eigenvalue weighted by molar-refractivity contribution is 0.0502. The van der Waals surface area contributed by atoms with E-state index in [1.54, 1.807) is 39.0 Å². The molecule has 0 aliphatic heterocycles. The van der Waals surface area contributed by atoms with E-state index in [4.69, 9.17) is 21.3 Å². The molecule has 0 fully saturated rings. The summed E-state index contributed by atoms with van der Waals surface area (Å²) in [6.07, 6.45) is -0.00881. The average Bonchev–Trinajstić information content (AvgIpc) is 3.28. The van der Waals surface area contributed by atoms with E-state index < -0.39 is 45.0 Å². The van der Waals surface area contributed by atoms with Gasteiger partial charge in [-0.2, -0.15) is 0 Å². The number of hydrogen-bond acceptors (Lipinski definition) is 8. The molecule has 3 heterocycles. The lowest BCUT2D eigenvalue weighted by Crippen LogP contribution is -2.36. The fourth-order valence-corrected chi connectivity index (χ4v) is 4.98. The van der Waals surface area contributed by atoms with Crippen LogP contribution in [0.4, 0.5) is 19.5 Å². The molecule has 4 aromatic rings. The molecule has 0 saturated carbocycles. The number of anilines is 1. The van der Waals surface area contributed by atoms with Crippen molar-refractivity contribution in [3.8, 4) is 23.0 Å². The Kier molecular flexibility index (Phi) is 9.39. The third kappa shape index (κ3) is 9.10. The summed E-state index contributed by atoms with van der Waals surface area (Å²) in [5.74, 6) is 3.70. The Morgan fingerprint density at radius 1 is 1.07 bits per heavy atom. The highest BCUT2D eigenvalue weighted by Gasteiger charge is 2.27. The Hall–Kier alpha value is -4.32. The number of carbonyl (C=O) groups is 1. The number of benzene rings is 1. The largest absolute Gasteiger partial charge is 0.444 e. The summed E-state index contributed by atoms with van der Waals surface area (Å²) in [7, 11) is -3.75. The van der Waals surface area contributed by atoms with Crippen LogP contribution in [0.15, 0.2) is 42.5 Å². The van der Waals surface area contributed by atoms with Gasteiger partial charge < -0.3 is 15.2 Å². The lowest BCUT2D eigenvalue weighted by atomic mass is 9.95. The Morgan fingerprint density at radius 3 is 2.31 bits per heavy atom. The molecular weight excluding hydrogens is 630 g/mol. The number of hydrogen-bond donors (Lipinski definition) is 3. The number of halogens is 3. The van der Waals surface area contributed by atoms with Gasteiger partial charge in [-0.25, -0.2) is 31.4 Å². The molecule has 238 valence electrons. The Balaban J connectivity index is 1.97. The molecule has 1 atom stereocenters. The molecule has 0 unspecified atom stereocenters. The van der Waals surface area contributed by atoms with Gasteiger partial charge >= 0.3 is 6.09 Å². The van der Waals surface area contributed by atoms with Gasteiger partial charge in [-0.1, -0.05) is 17.5 Å². The normalized spacial score (nSPS) is 12.8. The minimum absolute atomic E-state index is 0.0886. The molecule has 15 heteroatoms. The van der Waals surface area contributed by atoms with Gasteiger partial charge in [0.1, 0.15) is 33.7 Å². The first-order chi connectivity index (χ1) is 20.8. The zero-order valence-corrected chi connectivity index (χ0v) is 26.8. The Morgan fingerprint density at radius 2 is 1.71 bits per heavy atom. The van der Waals surface area contributed by atoms with Crippen molar-refractivity contribution in [3.63, 3.8) is 0 Å². The van der Waals surface area contributed by atoms with Gasteiger partial charge in [-0.15, -0.1) is 10.2 Å². The maximum absolute atomic E-state index is 14.2. The molecule has 0 saturated heterocycles. The number of aliphatic hydroxyl groups is 1. The second kappa shape index (κ2) is 12.6. The van der Waals surface area contributed by atoms with Gasteiger partial charge in [0.25, 0.3) is 0 Å². The van der Waals surface area contributed by atoms with E-state index in [1.807, 2.05) is 0 Å². The van der Waals surface area contributed by atoms with E-state index in [9.17, 15) is 27.1 Å². The molecule has 0 bridgehead atoms. The SMILES string of the molecule is CC(C)(O)C#Cc1ccc(-c2ccc(Cl)n3c(NS(C)(=O)=O)nnc23)c([C@H](Cc2cc(F)cc(F)c2)NC(=O)OC(C)(C)C)n1. The first kappa shape index (κ1) is 33.6. The van der Waals surface area contributed by atoms with Crippen LogP contribution in [0.25, 0.3) is 16.8 Å². The van der Waals surface area contributed by atoms with Crippen LogP contribution in [-0.2, 0) is 21.2 Å². The molecule has 4 rings (SSSR count). The molecule has 11 nitrogen and oxygen atoms in total. The van der Waals surface area contributed by atoms with Gasteiger partial charge in [0, 0.05) is 17.2 Å². The van der Waals surface area contributed by atoms with E-state index in [-0.39, 0.29) is 40.1 Å². The van der Waals surface area contributed by atoms with Crippen molar-refractivity contribution in [2.24, 2.45) is 0 Å². The van der Waals surface area contributed by atoms with Crippen LogP contribution in [-0.4, -0.2) is 56.7 Å². The molecule has 45 heavy (non-hydrogen) atoms. The van der Waals surface area contributed by atoms with E-state index in [0.717, 1.165) is 24.5 Å². The van der Waals surface area contributed by atoms with Crippen LogP contribution >= 0.6 is 11.6 Å². The van der Waals surface area contributed by atoms with Gasteiger partial charge in [-0.05, 0) is 88.9 Å². The Labute approximate surface area is 264 Å². The first-order valence-corrected chi connectivity index (χ1v) is 15.8. The summed E-state index contributed by atoms with van der Waals surface area (Å²) in [5, 5.41) is 21.1. The number of nitrogens with zero attached hydrogens (tertiary/aromatic N) is 4. The number of nitrogens with one attached hydrogen (secondary N) is 2. The summed E-state index contributed by atoms with van der Waals surface area (Å²) in [4.78, 5) is 17.8. The molecule has 3 N–H and O–H groups in total. The Bertz CT molecular complexity index is 1920. The summed E-state index contributed by atoms with van der Waals surface area (Å²) in [6, 6.07) is 8.24. The average molecular weight is 661 g/mol. The maximum atomic E-state index is 14.2. The number of amides is 1. The van der Waals surface area contributed by atoms with Crippen LogP contribution in [0.1, 0.15) is 57.6 Å². The van der Waals surface area contributed by atoms with Crippen LogP contribution in [0, 0.1) is 23.5 Å². The number of pyridine rings is 2.